The summed E-state index contributed by atoms with van der Waals surface area (Å²) in [6.45, 7) is 5.11. The fourth-order valence-corrected chi connectivity index (χ4v) is 2.71. The lowest BCUT2D eigenvalue weighted by Gasteiger charge is -2.17. The van der Waals surface area contributed by atoms with Crippen LogP contribution >= 0.6 is 10.7 Å². The van der Waals surface area contributed by atoms with E-state index < -0.39 is 9.05 Å². The van der Waals surface area contributed by atoms with Crippen LogP contribution in [-0.4, -0.2) is 37.4 Å². The zero-order valence-electron chi connectivity index (χ0n) is 12.1. The third kappa shape index (κ3) is 4.24. The van der Waals surface area contributed by atoms with Crippen molar-refractivity contribution in [1.82, 2.24) is 9.47 Å². The van der Waals surface area contributed by atoms with E-state index in [0.717, 1.165) is 19.3 Å². The van der Waals surface area contributed by atoms with Gasteiger partial charge in [0.15, 0.2) is 0 Å². The Morgan fingerprint density at radius 2 is 2.00 bits per heavy atom. The lowest BCUT2D eigenvalue weighted by Crippen LogP contribution is -2.29. The lowest BCUT2D eigenvalue weighted by molar-refractivity contribution is 0.0782. The molecule has 0 aromatic carbocycles. The average Bonchev–Trinajstić information content (AvgIpc) is 2.81. The molecule has 0 spiro atoms. The standard InChI is InChI=1S/C13H21ClN2O3S/c1-4-6-7-8-15(3)13(17)12-9-11(20(14,18)19)10-16(12)5-2/h9-10H,4-8H2,1-3H3. The molecule has 0 aliphatic carbocycles. The molecule has 0 N–H and O–H groups in total. The predicted octanol–water partition coefficient (Wildman–Crippen LogP) is 2.70. The number of carbonyl (C=O) groups excluding carboxylic acids is 1. The van der Waals surface area contributed by atoms with Gasteiger partial charge in [-0.25, -0.2) is 8.42 Å². The Labute approximate surface area is 124 Å². The second-order valence-electron chi connectivity index (χ2n) is 4.72. The average molecular weight is 321 g/mol. The van der Waals surface area contributed by atoms with Crippen LogP contribution in [0.1, 0.15) is 43.6 Å². The van der Waals surface area contributed by atoms with Gasteiger partial charge in [0.2, 0.25) is 0 Å². The third-order valence-corrected chi connectivity index (χ3v) is 4.48. The maximum Gasteiger partial charge on any atom is 0.270 e. The normalized spacial score (nSPS) is 11.6. The fraction of sp³-hybridized carbons (Fsp3) is 0.615. The number of aromatic nitrogens is 1. The molecule has 0 unspecified atom stereocenters. The molecule has 1 amide bonds. The van der Waals surface area contributed by atoms with E-state index in [1.807, 2.05) is 6.92 Å². The summed E-state index contributed by atoms with van der Waals surface area (Å²) in [5.41, 5.74) is 0.353. The van der Waals surface area contributed by atoms with Gasteiger partial charge in [0.1, 0.15) is 10.6 Å². The van der Waals surface area contributed by atoms with Crippen molar-refractivity contribution >= 4 is 25.6 Å². The van der Waals surface area contributed by atoms with E-state index in [9.17, 15) is 13.2 Å². The number of hydrogen-bond donors (Lipinski definition) is 0. The minimum Gasteiger partial charge on any atom is -0.342 e. The Balaban J connectivity index is 2.94. The van der Waals surface area contributed by atoms with Gasteiger partial charge in [0, 0.05) is 37.0 Å². The Hall–Kier alpha value is -1.01. The van der Waals surface area contributed by atoms with Crippen molar-refractivity contribution in [3.05, 3.63) is 18.0 Å². The molecule has 0 bridgehead atoms. The molecule has 1 aromatic rings. The van der Waals surface area contributed by atoms with Gasteiger partial charge in [-0.2, -0.15) is 0 Å². The number of nitrogens with zero attached hydrogens (tertiary/aromatic N) is 2. The van der Waals surface area contributed by atoms with E-state index in [1.165, 1.54) is 12.3 Å². The van der Waals surface area contributed by atoms with E-state index in [2.05, 4.69) is 6.92 Å². The summed E-state index contributed by atoms with van der Waals surface area (Å²) in [5.74, 6) is -0.186. The quantitative estimate of drug-likeness (QED) is 0.573. The number of unbranched alkanes of at least 4 members (excludes halogenated alkanes) is 2. The Kier molecular flexibility index (Phi) is 6.07. The highest BCUT2D eigenvalue weighted by molar-refractivity contribution is 8.13. The lowest BCUT2D eigenvalue weighted by atomic mass is 10.2. The number of carbonyl (C=O) groups is 1. The van der Waals surface area contributed by atoms with Crippen LogP contribution in [0.5, 0.6) is 0 Å². The second kappa shape index (κ2) is 7.13. The van der Waals surface area contributed by atoms with E-state index in [0.29, 0.717) is 18.8 Å². The Morgan fingerprint density at radius 1 is 1.35 bits per heavy atom. The highest BCUT2D eigenvalue weighted by Crippen LogP contribution is 2.19. The maximum absolute atomic E-state index is 12.3. The number of halogens is 1. The van der Waals surface area contributed by atoms with Crippen molar-refractivity contribution in [1.29, 1.82) is 0 Å². The SMILES string of the molecule is CCCCCN(C)C(=O)c1cc(S(=O)(=O)Cl)cn1CC. The van der Waals surface area contributed by atoms with Gasteiger partial charge in [-0.05, 0) is 19.4 Å². The van der Waals surface area contributed by atoms with Crippen LogP contribution in [0.4, 0.5) is 0 Å². The minimum absolute atomic E-state index is 0.0358. The van der Waals surface area contributed by atoms with Crippen LogP contribution in [0, 0.1) is 0 Å². The zero-order valence-corrected chi connectivity index (χ0v) is 13.7. The third-order valence-electron chi connectivity index (χ3n) is 3.16. The summed E-state index contributed by atoms with van der Waals surface area (Å²) in [6.07, 6.45) is 4.48. The van der Waals surface area contributed by atoms with Crippen LogP contribution in [0.2, 0.25) is 0 Å². The van der Waals surface area contributed by atoms with Gasteiger partial charge < -0.3 is 9.47 Å². The van der Waals surface area contributed by atoms with Gasteiger partial charge in [0.05, 0.1) is 0 Å². The van der Waals surface area contributed by atoms with Crippen molar-refractivity contribution in [2.45, 2.75) is 44.6 Å². The first-order valence-corrected chi connectivity index (χ1v) is 9.02. The van der Waals surface area contributed by atoms with Crippen molar-refractivity contribution in [2.75, 3.05) is 13.6 Å². The first-order chi connectivity index (χ1) is 9.31. The highest BCUT2D eigenvalue weighted by atomic mass is 35.7. The van der Waals surface area contributed by atoms with Crippen LogP contribution < -0.4 is 0 Å². The molecule has 5 nitrogen and oxygen atoms in total. The summed E-state index contributed by atoms with van der Waals surface area (Å²) in [6, 6.07) is 1.34. The number of aryl methyl sites for hydroxylation is 1. The number of rotatable bonds is 7. The topological polar surface area (TPSA) is 59.4 Å². The molecule has 1 rings (SSSR count). The molecule has 0 saturated carbocycles. The van der Waals surface area contributed by atoms with Gasteiger partial charge in [-0.3, -0.25) is 4.79 Å². The molecule has 20 heavy (non-hydrogen) atoms. The largest absolute Gasteiger partial charge is 0.342 e. The molecule has 0 atom stereocenters. The van der Waals surface area contributed by atoms with Gasteiger partial charge in [-0.1, -0.05) is 19.8 Å². The summed E-state index contributed by atoms with van der Waals surface area (Å²) >= 11 is 0. The Morgan fingerprint density at radius 3 is 2.50 bits per heavy atom. The van der Waals surface area contributed by atoms with Crippen LogP contribution in [0.15, 0.2) is 17.2 Å². The van der Waals surface area contributed by atoms with Crippen LogP contribution in [0.25, 0.3) is 0 Å². The molecule has 1 aromatic heterocycles. The zero-order chi connectivity index (χ0) is 15.3. The molecule has 0 saturated heterocycles. The molecular weight excluding hydrogens is 300 g/mol. The van der Waals surface area contributed by atoms with Gasteiger partial charge >= 0.3 is 0 Å². The van der Waals surface area contributed by atoms with E-state index in [1.54, 1.807) is 16.5 Å². The van der Waals surface area contributed by atoms with E-state index >= 15 is 0 Å². The summed E-state index contributed by atoms with van der Waals surface area (Å²) in [4.78, 5) is 13.9. The van der Waals surface area contributed by atoms with Crippen molar-refractivity contribution in [3.63, 3.8) is 0 Å². The summed E-state index contributed by atoms with van der Waals surface area (Å²) in [5, 5.41) is 0. The van der Waals surface area contributed by atoms with Crippen LogP contribution in [-0.2, 0) is 15.6 Å². The van der Waals surface area contributed by atoms with E-state index in [4.69, 9.17) is 10.7 Å². The molecular formula is C13H21ClN2O3S. The summed E-state index contributed by atoms with van der Waals surface area (Å²) in [7, 11) is 3.23. The number of hydrogen-bond acceptors (Lipinski definition) is 3. The fourth-order valence-electron chi connectivity index (χ4n) is 1.95. The van der Waals surface area contributed by atoms with Crippen molar-refractivity contribution < 1.29 is 13.2 Å². The first-order valence-electron chi connectivity index (χ1n) is 6.71. The number of amides is 1. The first kappa shape index (κ1) is 17.0. The second-order valence-corrected chi connectivity index (χ2v) is 7.28. The van der Waals surface area contributed by atoms with Crippen molar-refractivity contribution in [2.24, 2.45) is 0 Å². The molecule has 7 heteroatoms. The maximum atomic E-state index is 12.3. The van der Waals surface area contributed by atoms with Gasteiger partial charge in [-0.15, -0.1) is 0 Å². The van der Waals surface area contributed by atoms with Crippen molar-refractivity contribution in [3.8, 4) is 0 Å². The Bertz CT molecular complexity index is 566. The molecule has 1 heterocycles. The molecule has 0 aliphatic rings. The van der Waals surface area contributed by atoms with E-state index in [-0.39, 0.29) is 10.8 Å². The minimum atomic E-state index is -3.81. The monoisotopic (exact) mass is 320 g/mol. The molecule has 0 radical (unpaired) electrons. The summed E-state index contributed by atoms with van der Waals surface area (Å²) < 4.78 is 24.3. The smallest absolute Gasteiger partial charge is 0.270 e. The molecule has 0 fully saturated rings. The molecule has 114 valence electrons. The molecule has 0 aliphatic heterocycles. The van der Waals surface area contributed by atoms with Gasteiger partial charge in [0.25, 0.3) is 15.0 Å². The van der Waals surface area contributed by atoms with Crippen LogP contribution in [0.3, 0.4) is 0 Å². The highest BCUT2D eigenvalue weighted by Gasteiger charge is 2.21. The predicted molar refractivity (Wildman–Crippen MR) is 79.6 cm³/mol.